The molecule has 0 bridgehead atoms. The van der Waals surface area contributed by atoms with Crippen LogP contribution in [0.15, 0.2) is 39.5 Å². The van der Waals surface area contributed by atoms with Gasteiger partial charge in [-0.15, -0.1) is 0 Å². The summed E-state index contributed by atoms with van der Waals surface area (Å²) in [5.41, 5.74) is -0.125. The molecule has 1 aromatic heterocycles. The van der Waals surface area contributed by atoms with Gasteiger partial charge in [-0.25, -0.2) is 9.78 Å². The summed E-state index contributed by atoms with van der Waals surface area (Å²) in [6.45, 7) is 0.0259. The number of aromatic nitrogens is 1. The van der Waals surface area contributed by atoms with Crippen LogP contribution in [0.1, 0.15) is 16.2 Å². The van der Waals surface area contributed by atoms with E-state index in [9.17, 15) is 4.79 Å². The number of oxazole rings is 1. The van der Waals surface area contributed by atoms with Gasteiger partial charge in [0.1, 0.15) is 12.4 Å². The van der Waals surface area contributed by atoms with Gasteiger partial charge in [-0.1, -0.05) is 22.0 Å². The SMILES string of the molecule is O=C(O)c1ncoc1COc1cccc(Br)c1. The molecule has 1 N–H and O–H groups in total. The topological polar surface area (TPSA) is 72.6 Å². The lowest BCUT2D eigenvalue weighted by molar-refractivity contribution is 0.0686. The second-order valence-electron chi connectivity index (χ2n) is 3.18. The summed E-state index contributed by atoms with van der Waals surface area (Å²) in [6, 6.07) is 7.22. The van der Waals surface area contributed by atoms with E-state index in [-0.39, 0.29) is 18.1 Å². The maximum Gasteiger partial charge on any atom is 0.358 e. The smallest absolute Gasteiger partial charge is 0.358 e. The highest BCUT2D eigenvalue weighted by molar-refractivity contribution is 9.10. The molecule has 2 aromatic rings. The average molecular weight is 298 g/mol. The van der Waals surface area contributed by atoms with Crippen LogP contribution in [0, 0.1) is 0 Å². The number of rotatable bonds is 4. The molecular weight excluding hydrogens is 290 g/mol. The molecule has 0 saturated carbocycles. The summed E-state index contributed by atoms with van der Waals surface area (Å²) in [5.74, 6) is -0.323. The Balaban J connectivity index is 2.07. The minimum absolute atomic E-state index is 0.0259. The van der Waals surface area contributed by atoms with Crippen molar-refractivity contribution in [1.29, 1.82) is 0 Å². The Labute approximate surface area is 105 Å². The Morgan fingerprint density at radius 2 is 2.35 bits per heavy atom. The van der Waals surface area contributed by atoms with Crippen LogP contribution in [0.3, 0.4) is 0 Å². The highest BCUT2D eigenvalue weighted by atomic mass is 79.9. The number of nitrogens with zero attached hydrogens (tertiary/aromatic N) is 1. The quantitative estimate of drug-likeness (QED) is 0.939. The van der Waals surface area contributed by atoms with Crippen LogP contribution in [-0.2, 0) is 6.61 Å². The number of benzene rings is 1. The lowest BCUT2D eigenvalue weighted by Gasteiger charge is -2.04. The third-order valence-electron chi connectivity index (χ3n) is 2.01. The minimum atomic E-state index is -1.13. The predicted molar refractivity (Wildman–Crippen MR) is 61.9 cm³/mol. The molecule has 0 atom stereocenters. The first-order valence-corrected chi connectivity index (χ1v) is 5.50. The van der Waals surface area contributed by atoms with Crippen LogP contribution in [0.2, 0.25) is 0 Å². The normalized spacial score (nSPS) is 10.2. The Kier molecular flexibility index (Phi) is 3.43. The molecular formula is C11H8BrNO4. The van der Waals surface area contributed by atoms with Crippen LogP contribution in [0.25, 0.3) is 0 Å². The highest BCUT2D eigenvalue weighted by Gasteiger charge is 2.15. The zero-order valence-corrected chi connectivity index (χ0v) is 10.2. The molecule has 0 unspecified atom stereocenters. The van der Waals surface area contributed by atoms with Crippen LogP contribution in [-0.4, -0.2) is 16.1 Å². The summed E-state index contributed by atoms with van der Waals surface area (Å²) in [5, 5.41) is 8.81. The van der Waals surface area contributed by atoms with Crippen LogP contribution >= 0.6 is 15.9 Å². The van der Waals surface area contributed by atoms with Gasteiger partial charge in [-0.05, 0) is 18.2 Å². The van der Waals surface area contributed by atoms with Crippen molar-refractivity contribution in [3.63, 3.8) is 0 Å². The van der Waals surface area contributed by atoms with Crippen molar-refractivity contribution in [2.45, 2.75) is 6.61 Å². The first-order valence-electron chi connectivity index (χ1n) is 4.71. The van der Waals surface area contributed by atoms with Crippen LogP contribution in [0.5, 0.6) is 5.75 Å². The van der Waals surface area contributed by atoms with Crippen LogP contribution < -0.4 is 4.74 Å². The summed E-state index contributed by atoms with van der Waals surface area (Å²) in [6.07, 6.45) is 1.09. The standard InChI is InChI=1S/C11H8BrNO4/c12-7-2-1-3-8(4-7)16-5-9-10(11(14)15)13-6-17-9/h1-4,6H,5H2,(H,14,15). The van der Waals surface area contributed by atoms with Crippen molar-refractivity contribution in [3.05, 3.63) is 46.6 Å². The van der Waals surface area contributed by atoms with E-state index in [4.69, 9.17) is 14.3 Å². The van der Waals surface area contributed by atoms with Crippen molar-refractivity contribution in [2.75, 3.05) is 0 Å². The summed E-state index contributed by atoms with van der Waals surface area (Å²) < 4.78 is 11.2. The fourth-order valence-electron chi connectivity index (χ4n) is 1.25. The van der Waals surface area contributed by atoms with Gasteiger partial charge < -0.3 is 14.3 Å². The van der Waals surface area contributed by atoms with Gasteiger partial charge in [0.2, 0.25) is 0 Å². The van der Waals surface area contributed by atoms with Crippen LogP contribution in [0.4, 0.5) is 0 Å². The van der Waals surface area contributed by atoms with E-state index in [0.29, 0.717) is 5.75 Å². The molecule has 88 valence electrons. The molecule has 1 aromatic carbocycles. The molecule has 0 spiro atoms. The van der Waals surface area contributed by atoms with E-state index in [1.807, 2.05) is 12.1 Å². The number of carboxylic acids is 1. The van der Waals surface area contributed by atoms with Gasteiger partial charge in [0.05, 0.1) is 0 Å². The highest BCUT2D eigenvalue weighted by Crippen LogP contribution is 2.19. The molecule has 0 aliphatic heterocycles. The molecule has 0 fully saturated rings. The average Bonchev–Trinajstić information content (AvgIpc) is 2.74. The maximum absolute atomic E-state index is 10.8. The summed E-state index contributed by atoms with van der Waals surface area (Å²) in [7, 11) is 0. The number of aromatic carboxylic acids is 1. The molecule has 0 saturated heterocycles. The Hall–Kier alpha value is -1.82. The number of hydrogen-bond acceptors (Lipinski definition) is 4. The Morgan fingerprint density at radius 3 is 3.06 bits per heavy atom. The summed E-state index contributed by atoms with van der Waals surface area (Å²) in [4.78, 5) is 14.4. The molecule has 6 heteroatoms. The molecule has 0 amide bonds. The molecule has 0 radical (unpaired) electrons. The van der Waals surface area contributed by atoms with E-state index < -0.39 is 5.97 Å². The van der Waals surface area contributed by atoms with E-state index in [1.165, 1.54) is 0 Å². The molecule has 0 aliphatic rings. The monoisotopic (exact) mass is 297 g/mol. The van der Waals surface area contributed by atoms with Gasteiger partial charge in [0.25, 0.3) is 0 Å². The zero-order valence-electron chi connectivity index (χ0n) is 8.59. The molecule has 17 heavy (non-hydrogen) atoms. The predicted octanol–water partition coefficient (Wildman–Crippen LogP) is 2.71. The first kappa shape index (κ1) is 11.7. The van der Waals surface area contributed by atoms with E-state index in [2.05, 4.69) is 20.9 Å². The first-order chi connectivity index (χ1) is 8.16. The Morgan fingerprint density at radius 1 is 1.53 bits per heavy atom. The Bertz CT molecular complexity index is 538. The maximum atomic E-state index is 10.8. The number of halogens is 1. The van der Waals surface area contributed by atoms with Crippen molar-refractivity contribution < 1.29 is 19.1 Å². The van der Waals surface area contributed by atoms with E-state index in [0.717, 1.165) is 10.9 Å². The second kappa shape index (κ2) is 5.01. The third-order valence-corrected chi connectivity index (χ3v) is 2.50. The fraction of sp³-hybridized carbons (Fsp3) is 0.0909. The number of hydrogen-bond donors (Lipinski definition) is 1. The van der Waals surface area contributed by atoms with Crippen molar-refractivity contribution in [1.82, 2.24) is 4.98 Å². The van der Waals surface area contributed by atoms with Crippen molar-refractivity contribution >= 4 is 21.9 Å². The van der Waals surface area contributed by atoms with E-state index in [1.54, 1.807) is 12.1 Å². The largest absolute Gasteiger partial charge is 0.486 e. The zero-order chi connectivity index (χ0) is 12.3. The van der Waals surface area contributed by atoms with Gasteiger partial charge in [0.15, 0.2) is 17.8 Å². The number of carbonyl (C=O) groups is 1. The van der Waals surface area contributed by atoms with Crippen molar-refractivity contribution in [3.8, 4) is 5.75 Å². The van der Waals surface area contributed by atoms with Gasteiger partial charge in [-0.3, -0.25) is 0 Å². The van der Waals surface area contributed by atoms with E-state index >= 15 is 0 Å². The molecule has 1 heterocycles. The molecule has 2 rings (SSSR count). The van der Waals surface area contributed by atoms with Gasteiger partial charge in [-0.2, -0.15) is 0 Å². The fourth-order valence-corrected chi connectivity index (χ4v) is 1.63. The lowest BCUT2D eigenvalue weighted by atomic mass is 10.3. The van der Waals surface area contributed by atoms with Gasteiger partial charge in [0, 0.05) is 4.47 Å². The number of carboxylic acid groups (broad SMARTS) is 1. The summed E-state index contributed by atoms with van der Waals surface area (Å²) >= 11 is 3.31. The number of ether oxygens (including phenoxy) is 1. The van der Waals surface area contributed by atoms with Crippen molar-refractivity contribution in [2.24, 2.45) is 0 Å². The molecule has 0 aliphatic carbocycles. The second-order valence-corrected chi connectivity index (χ2v) is 4.09. The molecule has 5 nitrogen and oxygen atoms in total. The lowest BCUT2D eigenvalue weighted by Crippen LogP contribution is -2.04. The third kappa shape index (κ3) is 2.85. The van der Waals surface area contributed by atoms with Gasteiger partial charge >= 0.3 is 5.97 Å². The minimum Gasteiger partial charge on any atom is -0.486 e.